The minimum atomic E-state index is -0.547. The number of nitrogens with one attached hydrogen (secondary N) is 2. The van der Waals surface area contributed by atoms with Crippen LogP contribution in [0.25, 0.3) is 0 Å². The fourth-order valence-corrected chi connectivity index (χ4v) is 2.28. The molecule has 0 aliphatic heterocycles. The Labute approximate surface area is 124 Å². The molecule has 0 saturated carbocycles. The molecule has 0 aliphatic carbocycles. The highest BCUT2D eigenvalue weighted by Gasteiger charge is 2.13. The molecular weight excluding hydrogens is 294 g/mol. The average Bonchev–Trinajstić information content (AvgIpc) is 2.86. The Kier molecular flexibility index (Phi) is 4.83. The molecule has 21 heavy (non-hydrogen) atoms. The zero-order valence-electron chi connectivity index (χ0n) is 11.2. The number of esters is 1. The first-order valence-corrected chi connectivity index (χ1v) is 7.07. The summed E-state index contributed by atoms with van der Waals surface area (Å²) in [6.07, 6.45) is 1.49. The number of amides is 1. The molecule has 2 heterocycles. The first-order chi connectivity index (χ1) is 10.1. The third-order valence-corrected chi connectivity index (χ3v) is 3.27. The van der Waals surface area contributed by atoms with Gasteiger partial charge in [-0.25, -0.2) is 4.98 Å². The number of ether oxygens (including phenoxy) is 1. The minimum absolute atomic E-state index is 0.000331. The van der Waals surface area contributed by atoms with Crippen molar-refractivity contribution in [2.45, 2.75) is 13.3 Å². The molecular formula is C13H13N3O4S. The molecule has 110 valence electrons. The lowest BCUT2D eigenvalue weighted by atomic mass is 10.2. The highest BCUT2D eigenvalue weighted by molar-refractivity contribution is 7.14. The summed E-state index contributed by atoms with van der Waals surface area (Å²) in [6, 6.07) is 2.98. The molecule has 2 aromatic rings. The number of carbonyl (C=O) groups excluding carboxylic acids is 2. The number of H-pyrrole nitrogens is 1. The number of pyridine rings is 1. The molecule has 2 rings (SSSR count). The predicted molar refractivity (Wildman–Crippen MR) is 77.5 cm³/mol. The maximum Gasteiger partial charge on any atom is 0.311 e. The van der Waals surface area contributed by atoms with Gasteiger partial charge in [-0.15, -0.1) is 11.3 Å². The standard InChI is InChI=1S/C13H13N3O4S/c1-2-20-10(17)6-8-7-21-13(15-8)16-12(19)9-4-3-5-14-11(9)18/h3-5,7H,2,6H2,1H3,(H,14,18)(H,15,16,19). The van der Waals surface area contributed by atoms with Crippen molar-refractivity contribution in [1.29, 1.82) is 0 Å². The third kappa shape index (κ3) is 3.99. The van der Waals surface area contributed by atoms with Gasteiger partial charge in [-0.2, -0.15) is 0 Å². The van der Waals surface area contributed by atoms with E-state index in [2.05, 4.69) is 15.3 Å². The van der Waals surface area contributed by atoms with Crippen molar-refractivity contribution in [3.63, 3.8) is 0 Å². The Morgan fingerprint density at radius 2 is 2.29 bits per heavy atom. The van der Waals surface area contributed by atoms with Gasteiger partial charge in [-0.1, -0.05) is 0 Å². The van der Waals surface area contributed by atoms with Crippen molar-refractivity contribution in [1.82, 2.24) is 9.97 Å². The van der Waals surface area contributed by atoms with Gasteiger partial charge in [0.2, 0.25) is 0 Å². The summed E-state index contributed by atoms with van der Waals surface area (Å²) in [5, 5.41) is 4.50. The van der Waals surface area contributed by atoms with Gasteiger partial charge >= 0.3 is 5.97 Å². The highest BCUT2D eigenvalue weighted by Crippen LogP contribution is 2.16. The number of thiazole rings is 1. The van der Waals surface area contributed by atoms with Crippen LogP contribution in [0.4, 0.5) is 5.13 Å². The van der Waals surface area contributed by atoms with Crippen molar-refractivity contribution in [2.75, 3.05) is 11.9 Å². The van der Waals surface area contributed by atoms with Crippen LogP contribution in [0.2, 0.25) is 0 Å². The largest absolute Gasteiger partial charge is 0.466 e. The fraction of sp³-hybridized carbons (Fsp3) is 0.231. The molecule has 0 radical (unpaired) electrons. The number of anilines is 1. The lowest BCUT2D eigenvalue weighted by molar-refractivity contribution is -0.142. The number of aromatic amines is 1. The molecule has 0 bridgehead atoms. The first-order valence-electron chi connectivity index (χ1n) is 6.19. The summed E-state index contributed by atoms with van der Waals surface area (Å²) in [6.45, 7) is 2.03. The molecule has 0 fully saturated rings. The molecule has 2 aromatic heterocycles. The maximum absolute atomic E-state index is 11.9. The number of hydrogen-bond acceptors (Lipinski definition) is 6. The van der Waals surface area contributed by atoms with Gasteiger partial charge in [0.05, 0.1) is 18.7 Å². The highest BCUT2D eigenvalue weighted by atomic mass is 32.1. The minimum Gasteiger partial charge on any atom is -0.466 e. The Morgan fingerprint density at radius 3 is 3.00 bits per heavy atom. The van der Waals surface area contributed by atoms with Crippen LogP contribution >= 0.6 is 11.3 Å². The Balaban J connectivity index is 2.03. The van der Waals surface area contributed by atoms with Crippen molar-refractivity contribution >= 4 is 28.3 Å². The van der Waals surface area contributed by atoms with E-state index in [0.717, 1.165) is 0 Å². The van der Waals surface area contributed by atoms with Gasteiger partial charge in [0.25, 0.3) is 11.5 Å². The van der Waals surface area contributed by atoms with Crippen molar-refractivity contribution in [3.05, 3.63) is 45.3 Å². The van der Waals surface area contributed by atoms with Crippen molar-refractivity contribution in [3.8, 4) is 0 Å². The maximum atomic E-state index is 11.9. The second-order valence-corrected chi connectivity index (χ2v) is 4.85. The number of rotatable bonds is 5. The molecule has 8 heteroatoms. The van der Waals surface area contributed by atoms with Crippen LogP contribution in [0.3, 0.4) is 0 Å². The number of aromatic nitrogens is 2. The van der Waals surface area contributed by atoms with Gasteiger partial charge in [0.15, 0.2) is 5.13 Å². The van der Waals surface area contributed by atoms with Gasteiger partial charge in [-0.05, 0) is 19.1 Å². The molecule has 0 atom stereocenters. The summed E-state index contributed by atoms with van der Waals surface area (Å²) >= 11 is 1.18. The molecule has 0 unspecified atom stereocenters. The van der Waals surface area contributed by atoms with Crippen molar-refractivity contribution in [2.24, 2.45) is 0 Å². The van der Waals surface area contributed by atoms with Crippen LogP contribution in [0.1, 0.15) is 23.0 Å². The average molecular weight is 307 g/mol. The quantitative estimate of drug-likeness (QED) is 0.808. The van der Waals surface area contributed by atoms with E-state index < -0.39 is 11.5 Å². The zero-order valence-corrected chi connectivity index (χ0v) is 12.0. The van der Waals surface area contributed by atoms with E-state index in [4.69, 9.17) is 4.74 Å². The smallest absolute Gasteiger partial charge is 0.311 e. The monoisotopic (exact) mass is 307 g/mol. The van der Waals surface area contributed by atoms with Gasteiger partial charge in [0.1, 0.15) is 5.56 Å². The van der Waals surface area contributed by atoms with E-state index in [1.165, 1.54) is 23.6 Å². The molecule has 0 saturated heterocycles. The van der Waals surface area contributed by atoms with Gasteiger partial charge < -0.3 is 9.72 Å². The molecule has 0 aromatic carbocycles. The second-order valence-electron chi connectivity index (χ2n) is 3.99. The summed E-state index contributed by atoms with van der Waals surface area (Å²) in [7, 11) is 0. The fourth-order valence-electron chi connectivity index (χ4n) is 1.57. The van der Waals surface area contributed by atoms with E-state index in [1.807, 2.05) is 0 Å². The van der Waals surface area contributed by atoms with E-state index in [1.54, 1.807) is 18.4 Å². The zero-order chi connectivity index (χ0) is 15.2. The number of carbonyl (C=O) groups is 2. The Morgan fingerprint density at radius 1 is 1.48 bits per heavy atom. The van der Waals surface area contributed by atoms with Crippen LogP contribution in [-0.2, 0) is 16.0 Å². The van der Waals surface area contributed by atoms with E-state index in [9.17, 15) is 14.4 Å². The first kappa shape index (κ1) is 14.9. The molecule has 0 aliphatic rings. The van der Waals surface area contributed by atoms with Crippen LogP contribution in [-0.4, -0.2) is 28.5 Å². The summed E-state index contributed by atoms with van der Waals surface area (Å²) < 4.78 is 4.81. The van der Waals surface area contributed by atoms with E-state index in [0.29, 0.717) is 17.4 Å². The molecule has 2 N–H and O–H groups in total. The van der Waals surface area contributed by atoms with Crippen molar-refractivity contribution < 1.29 is 14.3 Å². The van der Waals surface area contributed by atoms with Crippen LogP contribution in [0.5, 0.6) is 0 Å². The lowest BCUT2D eigenvalue weighted by Crippen LogP contribution is -2.22. The Hall–Kier alpha value is -2.48. The molecule has 1 amide bonds. The van der Waals surface area contributed by atoms with E-state index >= 15 is 0 Å². The third-order valence-electron chi connectivity index (χ3n) is 2.47. The molecule has 7 nitrogen and oxygen atoms in total. The van der Waals surface area contributed by atoms with Gasteiger partial charge in [0, 0.05) is 11.6 Å². The van der Waals surface area contributed by atoms with E-state index in [-0.39, 0.29) is 18.0 Å². The van der Waals surface area contributed by atoms with Crippen LogP contribution in [0.15, 0.2) is 28.5 Å². The summed E-state index contributed by atoms with van der Waals surface area (Å²) in [5.74, 6) is -0.922. The summed E-state index contributed by atoms with van der Waals surface area (Å²) in [4.78, 5) is 41.2. The summed E-state index contributed by atoms with van der Waals surface area (Å²) in [5.41, 5.74) is 0.0358. The Bertz CT molecular complexity index is 707. The topological polar surface area (TPSA) is 101 Å². The number of hydrogen-bond donors (Lipinski definition) is 2. The normalized spacial score (nSPS) is 10.1. The number of nitrogens with zero attached hydrogens (tertiary/aromatic N) is 1. The second kappa shape index (κ2) is 6.80. The lowest BCUT2D eigenvalue weighted by Gasteiger charge is -2.00. The predicted octanol–water partition coefficient (Wildman–Crippen LogP) is 1.19. The van der Waals surface area contributed by atoms with Crippen LogP contribution < -0.4 is 10.9 Å². The van der Waals surface area contributed by atoms with Gasteiger partial charge in [-0.3, -0.25) is 19.7 Å². The molecule has 0 spiro atoms. The van der Waals surface area contributed by atoms with Crippen LogP contribution in [0, 0.1) is 0 Å². The SMILES string of the molecule is CCOC(=O)Cc1csc(NC(=O)c2ccc[nH]c2=O)n1.